The van der Waals surface area contributed by atoms with E-state index in [-0.39, 0.29) is 6.04 Å². The van der Waals surface area contributed by atoms with Gasteiger partial charge in [-0.3, -0.25) is 4.98 Å². The predicted molar refractivity (Wildman–Crippen MR) is 42.8 cm³/mol. The first-order valence-electron chi connectivity index (χ1n) is 3.56. The average Bonchev–Trinajstić information content (AvgIpc) is 2.05. The summed E-state index contributed by atoms with van der Waals surface area (Å²) in [6.45, 7) is 1.65. The molecule has 3 heteroatoms. The molecule has 3 nitrogen and oxygen atoms in total. The third-order valence-corrected chi connectivity index (χ3v) is 1.55. The minimum Gasteiger partial charge on any atom is -0.391 e. The van der Waals surface area contributed by atoms with Gasteiger partial charge in [-0.15, -0.1) is 0 Å². The van der Waals surface area contributed by atoms with Gasteiger partial charge in [0.15, 0.2) is 0 Å². The monoisotopic (exact) mass is 152 g/mol. The van der Waals surface area contributed by atoms with Crippen molar-refractivity contribution in [1.29, 1.82) is 0 Å². The smallest absolute Gasteiger partial charge is 0.0730 e. The van der Waals surface area contributed by atoms with Crippen molar-refractivity contribution in [3.63, 3.8) is 0 Å². The summed E-state index contributed by atoms with van der Waals surface area (Å²) in [6, 6.07) is 5.09. The molecule has 1 aromatic heterocycles. The van der Waals surface area contributed by atoms with Gasteiger partial charge in [0, 0.05) is 6.20 Å². The Bertz CT molecular complexity index is 211. The molecule has 0 bridgehead atoms. The molecule has 11 heavy (non-hydrogen) atoms. The maximum Gasteiger partial charge on any atom is 0.0730 e. The van der Waals surface area contributed by atoms with E-state index in [1.807, 2.05) is 12.1 Å². The van der Waals surface area contributed by atoms with E-state index in [1.54, 1.807) is 19.2 Å². The molecule has 0 aliphatic rings. The lowest BCUT2D eigenvalue weighted by atomic mass is 10.1. The van der Waals surface area contributed by atoms with Crippen molar-refractivity contribution in [2.24, 2.45) is 5.73 Å². The first-order chi connectivity index (χ1) is 5.22. The molecule has 0 saturated heterocycles. The number of nitrogens with two attached hydrogens (primary N) is 1. The Hall–Kier alpha value is -0.930. The van der Waals surface area contributed by atoms with Gasteiger partial charge in [-0.1, -0.05) is 6.07 Å². The summed E-state index contributed by atoms with van der Waals surface area (Å²) < 4.78 is 0. The molecule has 0 amide bonds. The second-order valence-electron chi connectivity index (χ2n) is 2.52. The molecule has 3 N–H and O–H groups in total. The number of rotatable bonds is 2. The Morgan fingerprint density at radius 3 is 2.73 bits per heavy atom. The summed E-state index contributed by atoms with van der Waals surface area (Å²) in [5.41, 5.74) is 6.35. The quantitative estimate of drug-likeness (QED) is 0.647. The number of aromatic nitrogens is 1. The van der Waals surface area contributed by atoms with Gasteiger partial charge in [0.05, 0.1) is 17.8 Å². The lowest BCUT2D eigenvalue weighted by Crippen LogP contribution is -2.23. The van der Waals surface area contributed by atoms with Gasteiger partial charge in [-0.25, -0.2) is 0 Å². The molecule has 0 aliphatic carbocycles. The lowest BCUT2D eigenvalue weighted by molar-refractivity contribution is 0.162. The predicted octanol–water partition coefficient (Wildman–Crippen LogP) is 0.462. The Morgan fingerprint density at radius 2 is 2.27 bits per heavy atom. The van der Waals surface area contributed by atoms with Crippen molar-refractivity contribution in [3.05, 3.63) is 30.1 Å². The molecule has 1 heterocycles. The largest absolute Gasteiger partial charge is 0.391 e. The lowest BCUT2D eigenvalue weighted by Gasteiger charge is -2.12. The van der Waals surface area contributed by atoms with Crippen LogP contribution >= 0.6 is 0 Å². The zero-order chi connectivity index (χ0) is 8.27. The molecule has 0 saturated carbocycles. The van der Waals surface area contributed by atoms with Crippen molar-refractivity contribution in [3.8, 4) is 0 Å². The minimum absolute atomic E-state index is 0.379. The number of aliphatic hydroxyl groups excluding tert-OH is 1. The number of pyridine rings is 1. The van der Waals surface area contributed by atoms with E-state index in [9.17, 15) is 0 Å². The standard InChI is InChI=1S/C8H12N2O/c1-6(11)8(9)7-4-2-3-5-10-7/h2-6,8,11H,9H2,1H3/t6?,8-/m0/s1. The van der Waals surface area contributed by atoms with Crippen LogP contribution in [0.4, 0.5) is 0 Å². The maximum atomic E-state index is 9.11. The first kappa shape index (κ1) is 8.17. The van der Waals surface area contributed by atoms with Gasteiger partial charge in [-0.2, -0.15) is 0 Å². The van der Waals surface area contributed by atoms with Crippen LogP contribution in [0.5, 0.6) is 0 Å². The SMILES string of the molecule is CC(O)[C@H](N)c1ccccn1. The highest BCUT2D eigenvalue weighted by molar-refractivity contribution is 5.08. The second-order valence-corrected chi connectivity index (χ2v) is 2.52. The molecule has 60 valence electrons. The van der Waals surface area contributed by atoms with Crippen molar-refractivity contribution < 1.29 is 5.11 Å². The van der Waals surface area contributed by atoms with Crippen LogP contribution in [-0.4, -0.2) is 16.2 Å². The topological polar surface area (TPSA) is 59.1 Å². The minimum atomic E-state index is -0.551. The molecular weight excluding hydrogens is 140 g/mol. The summed E-state index contributed by atoms with van der Waals surface area (Å²) >= 11 is 0. The molecule has 0 radical (unpaired) electrons. The highest BCUT2D eigenvalue weighted by Gasteiger charge is 2.11. The van der Waals surface area contributed by atoms with Gasteiger partial charge in [-0.05, 0) is 19.1 Å². The zero-order valence-corrected chi connectivity index (χ0v) is 6.44. The van der Waals surface area contributed by atoms with Crippen molar-refractivity contribution in [1.82, 2.24) is 4.98 Å². The van der Waals surface area contributed by atoms with E-state index in [4.69, 9.17) is 10.8 Å². The highest BCUT2D eigenvalue weighted by atomic mass is 16.3. The first-order valence-corrected chi connectivity index (χ1v) is 3.56. The van der Waals surface area contributed by atoms with Crippen molar-refractivity contribution in [2.45, 2.75) is 19.1 Å². The maximum absolute atomic E-state index is 9.11. The van der Waals surface area contributed by atoms with Gasteiger partial charge < -0.3 is 10.8 Å². The summed E-state index contributed by atoms with van der Waals surface area (Å²) in [5, 5.41) is 9.11. The van der Waals surface area contributed by atoms with Crippen LogP contribution in [0.3, 0.4) is 0 Å². The molecular formula is C8H12N2O. The van der Waals surface area contributed by atoms with E-state index in [2.05, 4.69) is 4.98 Å². The number of hydrogen-bond donors (Lipinski definition) is 2. The molecule has 0 aliphatic heterocycles. The number of nitrogens with zero attached hydrogens (tertiary/aromatic N) is 1. The summed E-state index contributed by atoms with van der Waals surface area (Å²) in [5.74, 6) is 0. The molecule has 1 aromatic rings. The molecule has 2 atom stereocenters. The van der Waals surface area contributed by atoms with Crippen molar-refractivity contribution in [2.75, 3.05) is 0 Å². The van der Waals surface area contributed by atoms with Crippen LogP contribution < -0.4 is 5.73 Å². The van der Waals surface area contributed by atoms with Gasteiger partial charge in [0.1, 0.15) is 0 Å². The average molecular weight is 152 g/mol. The fourth-order valence-corrected chi connectivity index (χ4v) is 0.820. The van der Waals surface area contributed by atoms with Gasteiger partial charge >= 0.3 is 0 Å². The second kappa shape index (κ2) is 3.46. The Labute approximate surface area is 65.9 Å². The molecule has 0 aromatic carbocycles. The van der Waals surface area contributed by atoms with Crippen LogP contribution in [0, 0.1) is 0 Å². The summed E-state index contributed by atoms with van der Waals surface area (Å²) in [7, 11) is 0. The van der Waals surface area contributed by atoms with Crippen LogP contribution in [-0.2, 0) is 0 Å². The Morgan fingerprint density at radius 1 is 1.55 bits per heavy atom. The third kappa shape index (κ3) is 2.00. The molecule has 1 rings (SSSR count). The van der Waals surface area contributed by atoms with E-state index >= 15 is 0 Å². The fourth-order valence-electron chi connectivity index (χ4n) is 0.820. The van der Waals surface area contributed by atoms with E-state index in [0.29, 0.717) is 0 Å². The van der Waals surface area contributed by atoms with E-state index in [0.717, 1.165) is 5.69 Å². The van der Waals surface area contributed by atoms with Gasteiger partial charge in [0.25, 0.3) is 0 Å². The van der Waals surface area contributed by atoms with Crippen LogP contribution in [0.2, 0.25) is 0 Å². The van der Waals surface area contributed by atoms with Crippen LogP contribution in [0.25, 0.3) is 0 Å². The zero-order valence-electron chi connectivity index (χ0n) is 6.44. The van der Waals surface area contributed by atoms with E-state index < -0.39 is 6.10 Å². The normalized spacial score (nSPS) is 15.9. The summed E-state index contributed by atoms with van der Waals surface area (Å²) in [4.78, 5) is 4.01. The Kier molecular flexibility index (Phi) is 2.57. The molecule has 1 unspecified atom stereocenters. The molecule has 0 fully saturated rings. The Balaban J connectivity index is 2.77. The molecule has 0 spiro atoms. The van der Waals surface area contributed by atoms with E-state index in [1.165, 1.54) is 0 Å². The third-order valence-electron chi connectivity index (χ3n) is 1.55. The number of hydrogen-bond acceptors (Lipinski definition) is 3. The number of aliphatic hydroxyl groups is 1. The summed E-state index contributed by atoms with van der Waals surface area (Å²) in [6.07, 6.45) is 1.11. The van der Waals surface area contributed by atoms with Crippen LogP contribution in [0.1, 0.15) is 18.7 Å². The van der Waals surface area contributed by atoms with Gasteiger partial charge in [0.2, 0.25) is 0 Å². The van der Waals surface area contributed by atoms with Crippen LogP contribution in [0.15, 0.2) is 24.4 Å². The highest BCUT2D eigenvalue weighted by Crippen LogP contribution is 2.09. The van der Waals surface area contributed by atoms with Crippen molar-refractivity contribution >= 4 is 0 Å². The fraction of sp³-hybridized carbons (Fsp3) is 0.375.